The van der Waals surface area contributed by atoms with Gasteiger partial charge in [-0.05, 0) is 37.5 Å². The number of rotatable bonds is 4. The molecule has 1 aliphatic carbocycles. The first-order chi connectivity index (χ1) is 11.1. The summed E-state index contributed by atoms with van der Waals surface area (Å²) in [7, 11) is 0. The quantitative estimate of drug-likeness (QED) is 0.883. The normalized spacial score (nSPS) is 26.1. The zero-order valence-corrected chi connectivity index (χ0v) is 13.7. The van der Waals surface area contributed by atoms with Crippen LogP contribution in [0.15, 0.2) is 24.3 Å². The summed E-state index contributed by atoms with van der Waals surface area (Å²) in [6, 6.07) is 7.49. The largest absolute Gasteiger partial charge is 0.392 e. The van der Waals surface area contributed by atoms with Crippen LogP contribution in [-0.4, -0.2) is 47.8 Å². The molecule has 5 nitrogen and oxygen atoms in total. The minimum Gasteiger partial charge on any atom is -0.392 e. The topological polar surface area (TPSA) is 75.8 Å². The highest BCUT2D eigenvalue weighted by Gasteiger charge is 2.56. The van der Waals surface area contributed by atoms with Crippen LogP contribution in [0.5, 0.6) is 0 Å². The Labute approximate surface area is 137 Å². The Morgan fingerprint density at radius 2 is 2.00 bits per heavy atom. The molecule has 0 radical (unpaired) electrons. The van der Waals surface area contributed by atoms with Gasteiger partial charge in [-0.1, -0.05) is 12.1 Å². The SMILES string of the molecule is CCO[C@H]1C[C@H](O)C12CCN(C(=O)c1ccc(CN)cc1)CC2. The van der Waals surface area contributed by atoms with Crippen molar-refractivity contribution in [3.05, 3.63) is 35.4 Å². The zero-order valence-electron chi connectivity index (χ0n) is 13.7. The van der Waals surface area contributed by atoms with Crippen LogP contribution in [0.2, 0.25) is 0 Å². The molecule has 1 aromatic carbocycles. The van der Waals surface area contributed by atoms with Gasteiger partial charge in [-0.3, -0.25) is 4.79 Å². The van der Waals surface area contributed by atoms with Gasteiger partial charge >= 0.3 is 0 Å². The number of likely N-dealkylation sites (tertiary alicyclic amines) is 1. The lowest BCUT2D eigenvalue weighted by molar-refractivity contribution is -0.207. The summed E-state index contributed by atoms with van der Waals surface area (Å²) < 4.78 is 5.77. The molecule has 1 amide bonds. The molecule has 2 aliphatic rings. The molecule has 5 heteroatoms. The van der Waals surface area contributed by atoms with E-state index in [9.17, 15) is 9.90 Å². The van der Waals surface area contributed by atoms with Crippen LogP contribution < -0.4 is 5.73 Å². The summed E-state index contributed by atoms with van der Waals surface area (Å²) in [5, 5.41) is 10.2. The minimum absolute atomic E-state index is 0.0604. The number of aliphatic hydroxyl groups is 1. The van der Waals surface area contributed by atoms with Crippen LogP contribution in [0.1, 0.15) is 42.1 Å². The number of aliphatic hydroxyl groups excluding tert-OH is 1. The second kappa shape index (κ2) is 6.59. The van der Waals surface area contributed by atoms with Gasteiger partial charge in [0.25, 0.3) is 5.91 Å². The second-order valence-corrected chi connectivity index (χ2v) is 6.62. The number of amides is 1. The molecule has 0 aromatic heterocycles. The third-order valence-corrected chi connectivity index (χ3v) is 5.53. The van der Waals surface area contributed by atoms with E-state index < -0.39 is 0 Å². The molecule has 0 unspecified atom stereocenters. The minimum atomic E-state index is -0.292. The summed E-state index contributed by atoms with van der Waals surface area (Å²) >= 11 is 0. The van der Waals surface area contributed by atoms with Gasteiger partial charge in [0.15, 0.2) is 0 Å². The van der Waals surface area contributed by atoms with Crippen molar-refractivity contribution in [2.24, 2.45) is 11.1 Å². The van der Waals surface area contributed by atoms with E-state index in [1.807, 2.05) is 36.1 Å². The Bertz CT molecular complexity index is 548. The molecule has 3 rings (SSSR count). The first kappa shape index (κ1) is 16.4. The Balaban J connectivity index is 1.63. The fourth-order valence-electron chi connectivity index (χ4n) is 3.91. The third kappa shape index (κ3) is 2.89. The first-order valence-electron chi connectivity index (χ1n) is 8.48. The van der Waals surface area contributed by atoms with E-state index in [0.717, 1.165) is 24.8 Å². The average Bonchev–Trinajstić information content (AvgIpc) is 2.61. The number of carbonyl (C=O) groups excluding carboxylic acids is 1. The molecule has 126 valence electrons. The standard InChI is InChI=1S/C18H26N2O3/c1-2-23-16-11-15(21)18(16)7-9-20(10-8-18)17(22)14-5-3-13(12-19)4-6-14/h3-6,15-16,21H,2,7-12,19H2,1H3/t15-,16-/m0/s1. The molecule has 1 saturated carbocycles. The Kier molecular flexibility index (Phi) is 4.71. The number of hydrogen-bond acceptors (Lipinski definition) is 4. The van der Waals surface area contributed by atoms with E-state index >= 15 is 0 Å². The maximum Gasteiger partial charge on any atom is 0.253 e. The highest BCUT2D eigenvalue weighted by atomic mass is 16.5. The molecule has 1 saturated heterocycles. The van der Waals surface area contributed by atoms with Gasteiger partial charge in [0.2, 0.25) is 0 Å². The molecule has 1 heterocycles. The van der Waals surface area contributed by atoms with E-state index in [4.69, 9.17) is 10.5 Å². The molecule has 2 atom stereocenters. The molecular formula is C18H26N2O3. The fraction of sp³-hybridized carbons (Fsp3) is 0.611. The predicted octanol–water partition coefficient (Wildman–Crippen LogP) is 1.54. The number of ether oxygens (including phenoxy) is 1. The summed E-state index contributed by atoms with van der Waals surface area (Å²) in [6.45, 7) is 4.50. The van der Waals surface area contributed by atoms with Crippen LogP contribution in [0.3, 0.4) is 0 Å². The molecule has 3 N–H and O–H groups in total. The van der Waals surface area contributed by atoms with Crippen LogP contribution in [0.4, 0.5) is 0 Å². The maximum absolute atomic E-state index is 12.6. The third-order valence-electron chi connectivity index (χ3n) is 5.53. The highest BCUT2D eigenvalue weighted by Crippen LogP contribution is 2.51. The summed E-state index contributed by atoms with van der Waals surface area (Å²) in [5.74, 6) is 0.0604. The summed E-state index contributed by atoms with van der Waals surface area (Å²) in [4.78, 5) is 14.5. The lowest BCUT2D eigenvalue weighted by atomic mass is 9.58. The Hall–Kier alpha value is -1.43. The first-order valence-corrected chi connectivity index (χ1v) is 8.48. The van der Waals surface area contributed by atoms with Crippen LogP contribution in [0.25, 0.3) is 0 Å². The van der Waals surface area contributed by atoms with Gasteiger partial charge in [-0.25, -0.2) is 0 Å². The fourth-order valence-corrected chi connectivity index (χ4v) is 3.91. The van der Waals surface area contributed by atoms with E-state index in [0.29, 0.717) is 31.8 Å². The van der Waals surface area contributed by atoms with Crippen LogP contribution in [0, 0.1) is 5.41 Å². The van der Waals surface area contributed by atoms with E-state index in [1.54, 1.807) is 0 Å². The van der Waals surface area contributed by atoms with Crippen molar-refractivity contribution >= 4 is 5.91 Å². The van der Waals surface area contributed by atoms with E-state index in [2.05, 4.69) is 0 Å². The molecule has 1 spiro atoms. The zero-order chi connectivity index (χ0) is 16.4. The van der Waals surface area contributed by atoms with Crippen molar-refractivity contribution in [2.75, 3.05) is 19.7 Å². The van der Waals surface area contributed by atoms with Gasteiger partial charge in [0.05, 0.1) is 12.2 Å². The molecule has 23 heavy (non-hydrogen) atoms. The van der Waals surface area contributed by atoms with Crippen molar-refractivity contribution in [1.29, 1.82) is 0 Å². The number of nitrogens with zero attached hydrogens (tertiary/aromatic N) is 1. The van der Waals surface area contributed by atoms with Crippen molar-refractivity contribution in [3.63, 3.8) is 0 Å². The smallest absolute Gasteiger partial charge is 0.253 e. The maximum atomic E-state index is 12.6. The molecule has 2 fully saturated rings. The predicted molar refractivity (Wildman–Crippen MR) is 87.9 cm³/mol. The van der Waals surface area contributed by atoms with E-state index in [1.165, 1.54) is 0 Å². The average molecular weight is 318 g/mol. The van der Waals surface area contributed by atoms with Crippen molar-refractivity contribution in [2.45, 2.75) is 44.9 Å². The van der Waals surface area contributed by atoms with Gasteiger partial charge < -0.3 is 20.5 Å². The van der Waals surface area contributed by atoms with E-state index in [-0.39, 0.29) is 23.5 Å². The van der Waals surface area contributed by atoms with Crippen LogP contribution in [-0.2, 0) is 11.3 Å². The Morgan fingerprint density at radius 3 is 2.52 bits per heavy atom. The van der Waals surface area contributed by atoms with Crippen LogP contribution >= 0.6 is 0 Å². The number of hydrogen-bond donors (Lipinski definition) is 2. The molecule has 0 bridgehead atoms. The Morgan fingerprint density at radius 1 is 1.35 bits per heavy atom. The summed E-state index contributed by atoms with van der Waals surface area (Å²) in [5.41, 5.74) is 7.17. The lowest BCUT2D eigenvalue weighted by Crippen LogP contribution is -2.62. The molecule has 1 aromatic rings. The molecule has 1 aliphatic heterocycles. The number of carbonyl (C=O) groups is 1. The van der Waals surface area contributed by atoms with Crippen molar-refractivity contribution < 1.29 is 14.6 Å². The number of nitrogens with two attached hydrogens (primary N) is 1. The summed E-state index contributed by atoms with van der Waals surface area (Å²) in [6.07, 6.45) is 2.20. The van der Waals surface area contributed by atoms with Gasteiger partial charge in [-0.2, -0.15) is 0 Å². The van der Waals surface area contributed by atoms with Gasteiger partial charge in [0.1, 0.15) is 0 Å². The van der Waals surface area contributed by atoms with Gasteiger partial charge in [-0.15, -0.1) is 0 Å². The lowest BCUT2D eigenvalue weighted by Gasteiger charge is -2.56. The number of piperidine rings is 1. The number of benzene rings is 1. The van der Waals surface area contributed by atoms with Crippen molar-refractivity contribution in [3.8, 4) is 0 Å². The monoisotopic (exact) mass is 318 g/mol. The van der Waals surface area contributed by atoms with Gasteiger partial charge in [0, 0.05) is 43.6 Å². The second-order valence-electron chi connectivity index (χ2n) is 6.62. The highest BCUT2D eigenvalue weighted by molar-refractivity contribution is 5.94. The molecular weight excluding hydrogens is 292 g/mol. The van der Waals surface area contributed by atoms with Crippen molar-refractivity contribution in [1.82, 2.24) is 4.90 Å².